The molecule has 32 heavy (non-hydrogen) atoms. The van der Waals surface area contributed by atoms with Crippen LogP contribution in [-0.2, 0) is 16.1 Å². The molecule has 2 N–H and O–H groups in total. The quantitative estimate of drug-likeness (QED) is 0.646. The van der Waals surface area contributed by atoms with E-state index in [0.29, 0.717) is 30.8 Å². The monoisotopic (exact) mass is 449 g/mol. The summed E-state index contributed by atoms with van der Waals surface area (Å²) in [6.07, 6.45) is -2.90. The predicted octanol–water partition coefficient (Wildman–Crippen LogP) is 3.60. The Morgan fingerprint density at radius 3 is 2.28 bits per heavy atom. The van der Waals surface area contributed by atoms with Gasteiger partial charge in [0.2, 0.25) is 5.91 Å². The average Bonchev–Trinajstić information content (AvgIpc) is 2.75. The van der Waals surface area contributed by atoms with Crippen LogP contribution in [-0.4, -0.2) is 55.2 Å². The van der Waals surface area contributed by atoms with Crippen molar-refractivity contribution < 1.29 is 27.5 Å². The number of hydrogen-bond acceptors (Lipinski definition) is 4. The van der Waals surface area contributed by atoms with Gasteiger partial charge in [-0.05, 0) is 42.7 Å². The Morgan fingerprint density at radius 1 is 1.00 bits per heavy atom. The second-order valence-electron chi connectivity index (χ2n) is 7.74. The number of anilines is 1. The third-order valence-corrected chi connectivity index (χ3v) is 5.10. The molecular weight excluding hydrogens is 423 g/mol. The number of nitrogens with one attached hydrogen (secondary N) is 2. The maximum Gasteiger partial charge on any atom is 0.411 e. The van der Waals surface area contributed by atoms with E-state index in [9.17, 15) is 22.8 Å². The molecule has 172 valence electrons. The summed E-state index contributed by atoms with van der Waals surface area (Å²) in [5, 5.41) is 5.85. The summed E-state index contributed by atoms with van der Waals surface area (Å²) in [6, 6.07) is 15.6. The first-order valence-corrected chi connectivity index (χ1v) is 10.4. The fourth-order valence-corrected chi connectivity index (χ4v) is 3.47. The van der Waals surface area contributed by atoms with Crippen molar-refractivity contribution in [3.8, 4) is 0 Å². The molecule has 9 heteroatoms. The van der Waals surface area contributed by atoms with Gasteiger partial charge in [-0.1, -0.05) is 30.3 Å². The van der Waals surface area contributed by atoms with Gasteiger partial charge in [-0.15, -0.1) is 0 Å². The highest BCUT2D eigenvalue weighted by Crippen LogP contribution is 2.16. The van der Waals surface area contributed by atoms with Crippen molar-refractivity contribution in [2.75, 3.05) is 31.6 Å². The Hall–Kier alpha value is -2.91. The standard InChI is InChI=1S/C23H26F3N3O3/c24-23(25,26)16-32-15-17-6-8-18(9-7-17)22(31)28-20-10-12-29(13-11-20)14-21(30)27-19-4-2-1-3-5-19/h1-9,20H,10-16H2,(H,27,30)(H,28,31). The van der Waals surface area contributed by atoms with Gasteiger partial charge in [0.05, 0.1) is 13.2 Å². The molecule has 0 atom stereocenters. The molecule has 6 nitrogen and oxygen atoms in total. The SMILES string of the molecule is O=C(CN1CCC(NC(=O)c2ccc(COCC(F)(F)F)cc2)CC1)Nc1ccccc1. The Labute approximate surface area is 184 Å². The summed E-state index contributed by atoms with van der Waals surface area (Å²) < 4.78 is 41.0. The number of benzene rings is 2. The van der Waals surface area contributed by atoms with Crippen molar-refractivity contribution in [1.29, 1.82) is 0 Å². The smallest absolute Gasteiger partial charge is 0.367 e. The topological polar surface area (TPSA) is 70.7 Å². The maximum absolute atomic E-state index is 12.5. The third kappa shape index (κ3) is 7.97. The number of nitrogens with zero attached hydrogens (tertiary/aromatic N) is 1. The molecule has 0 bridgehead atoms. The Balaban J connectivity index is 1.38. The number of carbonyl (C=O) groups excluding carboxylic acids is 2. The second-order valence-corrected chi connectivity index (χ2v) is 7.74. The lowest BCUT2D eigenvalue weighted by molar-refractivity contribution is -0.176. The Kier molecular flexibility index (Phi) is 8.24. The minimum absolute atomic E-state index is 0.00531. The molecule has 2 amide bonds. The Bertz CT molecular complexity index is 881. The first-order chi connectivity index (χ1) is 15.3. The van der Waals surface area contributed by atoms with Crippen molar-refractivity contribution >= 4 is 17.5 Å². The van der Waals surface area contributed by atoms with E-state index in [1.54, 1.807) is 24.3 Å². The van der Waals surface area contributed by atoms with Gasteiger partial charge in [0, 0.05) is 30.4 Å². The summed E-state index contributed by atoms with van der Waals surface area (Å²) in [6.45, 7) is 0.221. The highest BCUT2D eigenvalue weighted by Gasteiger charge is 2.27. The van der Waals surface area contributed by atoms with Crippen LogP contribution in [0, 0.1) is 0 Å². The lowest BCUT2D eigenvalue weighted by Gasteiger charge is -2.31. The van der Waals surface area contributed by atoms with Crippen LogP contribution in [0.2, 0.25) is 0 Å². The highest BCUT2D eigenvalue weighted by atomic mass is 19.4. The molecule has 0 saturated carbocycles. The summed E-state index contributed by atoms with van der Waals surface area (Å²) >= 11 is 0. The number of ether oxygens (including phenoxy) is 1. The number of rotatable bonds is 8. The van der Waals surface area contributed by atoms with E-state index in [2.05, 4.69) is 20.3 Å². The van der Waals surface area contributed by atoms with Gasteiger partial charge in [0.1, 0.15) is 6.61 Å². The van der Waals surface area contributed by atoms with Crippen molar-refractivity contribution in [2.45, 2.75) is 31.7 Å². The van der Waals surface area contributed by atoms with Crippen molar-refractivity contribution in [3.05, 3.63) is 65.7 Å². The fraction of sp³-hybridized carbons (Fsp3) is 0.391. The van der Waals surface area contributed by atoms with Crippen LogP contribution in [0.5, 0.6) is 0 Å². The van der Waals surface area contributed by atoms with E-state index >= 15 is 0 Å². The molecule has 1 saturated heterocycles. The minimum Gasteiger partial charge on any atom is -0.367 e. The zero-order chi connectivity index (χ0) is 23.0. The number of hydrogen-bond donors (Lipinski definition) is 2. The molecule has 2 aromatic carbocycles. The van der Waals surface area contributed by atoms with Gasteiger partial charge in [-0.2, -0.15) is 13.2 Å². The highest BCUT2D eigenvalue weighted by molar-refractivity contribution is 5.94. The van der Waals surface area contributed by atoms with Gasteiger partial charge in [0.25, 0.3) is 5.91 Å². The zero-order valence-electron chi connectivity index (χ0n) is 17.5. The van der Waals surface area contributed by atoms with Crippen LogP contribution in [0.25, 0.3) is 0 Å². The molecule has 3 rings (SSSR count). The first kappa shape index (κ1) is 23.7. The van der Waals surface area contributed by atoms with E-state index in [-0.39, 0.29) is 24.5 Å². The lowest BCUT2D eigenvalue weighted by Crippen LogP contribution is -2.46. The molecule has 0 aliphatic carbocycles. The van der Waals surface area contributed by atoms with Crippen LogP contribution in [0.1, 0.15) is 28.8 Å². The second kappa shape index (κ2) is 11.1. The summed E-state index contributed by atoms with van der Waals surface area (Å²) in [4.78, 5) is 26.7. The van der Waals surface area contributed by atoms with E-state index in [1.165, 1.54) is 0 Å². The maximum atomic E-state index is 12.5. The third-order valence-electron chi connectivity index (χ3n) is 5.10. The lowest BCUT2D eigenvalue weighted by atomic mass is 10.0. The van der Waals surface area contributed by atoms with E-state index < -0.39 is 12.8 Å². The van der Waals surface area contributed by atoms with Crippen LogP contribution < -0.4 is 10.6 Å². The van der Waals surface area contributed by atoms with Gasteiger partial charge < -0.3 is 15.4 Å². The van der Waals surface area contributed by atoms with Gasteiger partial charge in [-0.3, -0.25) is 14.5 Å². The van der Waals surface area contributed by atoms with Crippen LogP contribution in [0.15, 0.2) is 54.6 Å². The van der Waals surface area contributed by atoms with Crippen LogP contribution in [0.4, 0.5) is 18.9 Å². The van der Waals surface area contributed by atoms with Crippen molar-refractivity contribution in [1.82, 2.24) is 10.2 Å². The number of para-hydroxylation sites is 1. The number of carbonyl (C=O) groups is 2. The molecule has 0 aromatic heterocycles. The van der Waals surface area contributed by atoms with Crippen molar-refractivity contribution in [2.24, 2.45) is 0 Å². The minimum atomic E-state index is -4.36. The molecule has 1 aliphatic heterocycles. The predicted molar refractivity (Wildman–Crippen MR) is 114 cm³/mol. The van der Waals surface area contributed by atoms with Gasteiger partial charge in [0.15, 0.2) is 0 Å². The van der Waals surface area contributed by atoms with Crippen LogP contribution >= 0.6 is 0 Å². The number of alkyl halides is 3. The summed E-state index contributed by atoms with van der Waals surface area (Å²) in [7, 11) is 0. The number of piperidine rings is 1. The number of amides is 2. The van der Waals surface area contributed by atoms with E-state index in [0.717, 1.165) is 18.5 Å². The molecule has 1 heterocycles. The van der Waals surface area contributed by atoms with E-state index in [1.807, 2.05) is 30.3 Å². The fourth-order valence-electron chi connectivity index (χ4n) is 3.47. The molecule has 1 fully saturated rings. The zero-order valence-corrected chi connectivity index (χ0v) is 17.5. The largest absolute Gasteiger partial charge is 0.411 e. The molecule has 0 unspecified atom stereocenters. The molecule has 2 aromatic rings. The summed E-state index contributed by atoms with van der Waals surface area (Å²) in [5.41, 5.74) is 1.76. The number of halogens is 3. The molecule has 1 aliphatic rings. The molecule has 0 radical (unpaired) electrons. The van der Waals surface area contributed by atoms with E-state index in [4.69, 9.17) is 0 Å². The first-order valence-electron chi connectivity index (χ1n) is 10.4. The van der Waals surface area contributed by atoms with Crippen molar-refractivity contribution in [3.63, 3.8) is 0 Å². The molecule has 0 spiro atoms. The number of likely N-dealkylation sites (tertiary alicyclic amines) is 1. The average molecular weight is 449 g/mol. The van der Waals surface area contributed by atoms with Gasteiger partial charge in [-0.25, -0.2) is 0 Å². The normalized spacial score (nSPS) is 15.3. The summed E-state index contributed by atoms with van der Waals surface area (Å²) in [5.74, 6) is -0.300. The Morgan fingerprint density at radius 2 is 1.66 bits per heavy atom. The van der Waals surface area contributed by atoms with Gasteiger partial charge >= 0.3 is 6.18 Å². The van der Waals surface area contributed by atoms with Crippen LogP contribution in [0.3, 0.4) is 0 Å². The molecular formula is C23H26F3N3O3.